The van der Waals surface area contributed by atoms with Gasteiger partial charge in [0.2, 0.25) is 0 Å². The van der Waals surface area contributed by atoms with Gasteiger partial charge in [-0.25, -0.2) is 0 Å². The fourth-order valence-corrected chi connectivity index (χ4v) is 3.21. The van der Waals surface area contributed by atoms with Gasteiger partial charge in [0.15, 0.2) is 0 Å². The van der Waals surface area contributed by atoms with Crippen molar-refractivity contribution in [1.29, 1.82) is 0 Å². The van der Waals surface area contributed by atoms with Crippen molar-refractivity contribution in [3.05, 3.63) is 33.8 Å². The SMILES string of the molecule is Cc1ccc(C(=O)N2CC(CN)CC2C)c(Br)c1. The number of likely N-dealkylation sites (tertiary alicyclic amines) is 1. The first-order valence-electron chi connectivity index (χ1n) is 6.30. The smallest absolute Gasteiger partial charge is 0.255 e. The maximum absolute atomic E-state index is 12.5. The third-order valence-corrected chi connectivity index (χ3v) is 4.27. The van der Waals surface area contributed by atoms with Crippen molar-refractivity contribution in [2.45, 2.75) is 26.3 Å². The molecule has 2 rings (SSSR count). The molecule has 0 aliphatic carbocycles. The zero-order valence-electron chi connectivity index (χ0n) is 10.8. The third-order valence-electron chi connectivity index (χ3n) is 3.61. The number of benzene rings is 1. The Morgan fingerprint density at radius 3 is 2.83 bits per heavy atom. The molecule has 0 aromatic heterocycles. The second-order valence-electron chi connectivity index (χ2n) is 5.13. The molecular weight excluding hydrogens is 292 g/mol. The summed E-state index contributed by atoms with van der Waals surface area (Å²) < 4.78 is 0.871. The van der Waals surface area contributed by atoms with E-state index in [1.54, 1.807) is 0 Å². The van der Waals surface area contributed by atoms with E-state index in [1.165, 1.54) is 0 Å². The van der Waals surface area contributed by atoms with Crippen molar-refractivity contribution in [3.63, 3.8) is 0 Å². The van der Waals surface area contributed by atoms with E-state index in [9.17, 15) is 4.79 Å². The summed E-state index contributed by atoms with van der Waals surface area (Å²) in [5.41, 5.74) is 7.59. The molecule has 98 valence electrons. The van der Waals surface area contributed by atoms with Crippen LogP contribution >= 0.6 is 15.9 Å². The molecule has 1 heterocycles. The monoisotopic (exact) mass is 310 g/mol. The number of carbonyl (C=O) groups is 1. The molecular formula is C14H19BrN2O. The van der Waals surface area contributed by atoms with Crippen molar-refractivity contribution in [1.82, 2.24) is 4.90 Å². The van der Waals surface area contributed by atoms with Crippen LogP contribution in [-0.2, 0) is 0 Å². The molecule has 4 heteroatoms. The minimum Gasteiger partial charge on any atom is -0.336 e. The molecule has 1 amide bonds. The number of nitrogens with zero attached hydrogens (tertiary/aromatic N) is 1. The first kappa shape index (κ1) is 13.6. The van der Waals surface area contributed by atoms with E-state index in [0.717, 1.165) is 28.6 Å². The van der Waals surface area contributed by atoms with Crippen LogP contribution in [0.25, 0.3) is 0 Å². The van der Waals surface area contributed by atoms with Gasteiger partial charge in [-0.3, -0.25) is 4.79 Å². The van der Waals surface area contributed by atoms with Crippen LogP contribution in [0, 0.1) is 12.8 Å². The Labute approximate surface area is 116 Å². The van der Waals surface area contributed by atoms with Crippen LogP contribution in [0.3, 0.4) is 0 Å². The average Bonchev–Trinajstić information content (AvgIpc) is 2.70. The molecule has 3 nitrogen and oxygen atoms in total. The van der Waals surface area contributed by atoms with Gasteiger partial charge < -0.3 is 10.6 Å². The Kier molecular flexibility index (Phi) is 4.07. The summed E-state index contributed by atoms with van der Waals surface area (Å²) in [7, 11) is 0. The molecule has 0 bridgehead atoms. The van der Waals surface area contributed by atoms with Crippen LogP contribution in [0.15, 0.2) is 22.7 Å². The summed E-state index contributed by atoms with van der Waals surface area (Å²) in [6.07, 6.45) is 1.01. The van der Waals surface area contributed by atoms with Gasteiger partial charge in [-0.15, -0.1) is 0 Å². The lowest BCUT2D eigenvalue weighted by atomic mass is 10.1. The largest absolute Gasteiger partial charge is 0.336 e. The van der Waals surface area contributed by atoms with E-state index < -0.39 is 0 Å². The average molecular weight is 311 g/mol. The molecule has 1 aliphatic heterocycles. The van der Waals surface area contributed by atoms with E-state index in [4.69, 9.17) is 5.73 Å². The standard InChI is InChI=1S/C14H19BrN2O/c1-9-3-4-12(13(15)5-9)14(18)17-8-11(7-16)6-10(17)2/h3-5,10-11H,6-8,16H2,1-2H3. The molecule has 1 aromatic rings. The van der Waals surface area contributed by atoms with Gasteiger partial charge in [0.25, 0.3) is 5.91 Å². The van der Waals surface area contributed by atoms with Crippen molar-refractivity contribution in [2.75, 3.05) is 13.1 Å². The molecule has 1 fully saturated rings. The van der Waals surface area contributed by atoms with Crippen LogP contribution in [0.4, 0.5) is 0 Å². The Hall–Kier alpha value is -0.870. The molecule has 1 saturated heterocycles. The second kappa shape index (κ2) is 5.41. The highest BCUT2D eigenvalue weighted by molar-refractivity contribution is 9.10. The van der Waals surface area contributed by atoms with Crippen LogP contribution in [0.2, 0.25) is 0 Å². The maximum Gasteiger partial charge on any atom is 0.255 e. The lowest BCUT2D eigenvalue weighted by Gasteiger charge is -2.22. The highest BCUT2D eigenvalue weighted by atomic mass is 79.9. The summed E-state index contributed by atoms with van der Waals surface area (Å²) in [6, 6.07) is 6.12. The number of hydrogen-bond acceptors (Lipinski definition) is 2. The summed E-state index contributed by atoms with van der Waals surface area (Å²) in [6.45, 7) is 5.54. The number of amides is 1. The van der Waals surface area contributed by atoms with E-state index in [2.05, 4.69) is 22.9 Å². The summed E-state index contributed by atoms with van der Waals surface area (Å²) in [5, 5.41) is 0. The van der Waals surface area contributed by atoms with Gasteiger partial charge in [0.1, 0.15) is 0 Å². The van der Waals surface area contributed by atoms with E-state index in [1.807, 2.05) is 30.0 Å². The van der Waals surface area contributed by atoms with Crippen molar-refractivity contribution in [3.8, 4) is 0 Å². The van der Waals surface area contributed by atoms with Crippen LogP contribution in [0.5, 0.6) is 0 Å². The molecule has 18 heavy (non-hydrogen) atoms. The number of hydrogen-bond donors (Lipinski definition) is 1. The molecule has 1 aliphatic rings. The Balaban J connectivity index is 2.21. The number of rotatable bonds is 2. The minimum atomic E-state index is 0.102. The van der Waals surface area contributed by atoms with Crippen molar-refractivity contribution < 1.29 is 4.79 Å². The van der Waals surface area contributed by atoms with Gasteiger partial charge in [0, 0.05) is 17.1 Å². The van der Waals surface area contributed by atoms with Gasteiger partial charge in [0.05, 0.1) is 5.56 Å². The van der Waals surface area contributed by atoms with Gasteiger partial charge in [-0.1, -0.05) is 6.07 Å². The quantitative estimate of drug-likeness (QED) is 0.912. The minimum absolute atomic E-state index is 0.102. The molecule has 0 radical (unpaired) electrons. The Morgan fingerprint density at radius 1 is 1.56 bits per heavy atom. The second-order valence-corrected chi connectivity index (χ2v) is 5.98. The Bertz CT molecular complexity index is 461. The van der Waals surface area contributed by atoms with Crippen LogP contribution < -0.4 is 5.73 Å². The van der Waals surface area contributed by atoms with E-state index >= 15 is 0 Å². The lowest BCUT2D eigenvalue weighted by molar-refractivity contribution is 0.0742. The fourth-order valence-electron chi connectivity index (χ4n) is 2.54. The van der Waals surface area contributed by atoms with Gasteiger partial charge in [-0.2, -0.15) is 0 Å². The third kappa shape index (κ3) is 2.59. The predicted molar refractivity (Wildman–Crippen MR) is 76.5 cm³/mol. The summed E-state index contributed by atoms with van der Waals surface area (Å²) in [5.74, 6) is 0.540. The topological polar surface area (TPSA) is 46.3 Å². The number of nitrogens with two attached hydrogens (primary N) is 1. The molecule has 2 unspecified atom stereocenters. The fraction of sp³-hybridized carbons (Fsp3) is 0.500. The van der Waals surface area contributed by atoms with Crippen molar-refractivity contribution in [2.24, 2.45) is 11.7 Å². The number of aryl methyl sites for hydroxylation is 1. The van der Waals surface area contributed by atoms with E-state index in [-0.39, 0.29) is 11.9 Å². The van der Waals surface area contributed by atoms with Crippen molar-refractivity contribution >= 4 is 21.8 Å². The summed E-state index contributed by atoms with van der Waals surface area (Å²) >= 11 is 3.47. The lowest BCUT2D eigenvalue weighted by Crippen LogP contribution is -2.34. The molecule has 2 atom stereocenters. The van der Waals surface area contributed by atoms with Gasteiger partial charge in [-0.05, 0) is 66.4 Å². The van der Waals surface area contributed by atoms with E-state index in [0.29, 0.717) is 12.5 Å². The van der Waals surface area contributed by atoms with Crippen LogP contribution in [0.1, 0.15) is 29.3 Å². The number of halogens is 1. The highest BCUT2D eigenvalue weighted by Crippen LogP contribution is 2.27. The normalized spacial score (nSPS) is 23.4. The number of carbonyl (C=O) groups excluding carboxylic acids is 1. The predicted octanol–water partition coefficient (Wildman–Crippen LogP) is 2.57. The first-order chi connectivity index (χ1) is 8.52. The summed E-state index contributed by atoms with van der Waals surface area (Å²) in [4.78, 5) is 14.4. The molecule has 1 aromatic carbocycles. The first-order valence-corrected chi connectivity index (χ1v) is 7.09. The van der Waals surface area contributed by atoms with Crippen LogP contribution in [-0.4, -0.2) is 29.9 Å². The maximum atomic E-state index is 12.5. The molecule has 2 N–H and O–H groups in total. The Morgan fingerprint density at radius 2 is 2.28 bits per heavy atom. The molecule has 0 saturated carbocycles. The zero-order chi connectivity index (χ0) is 13.3. The zero-order valence-corrected chi connectivity index (χ0v) is 12.4. The van der Waals surface area contributed by atoms with Gasteiger partial charge >= 0.3 is 0 Å². The highest BCUT2D eigenvalue weighted by Gasteiger charge is 2.32. The molecule has 0 spiro atoms.